The van der Waals surface area contributed by atoms with E-state index in [2.05, 4.69) is 4.90 Å². The molecule has 88 valence electrons. The number of ether oxygens (including phenoxy) is 1. The van der Waals surface area contributed by atoms with Crippen LogP contribution in [0.25, 0.3) is 0 Å². The van der Waals surface area contributed by atoms with E-state index >= 15 is 0 Å². The molecule has 0 aliphatic heterocycles. The minimum absolute atomic E-state index is 0.114. The molecule has 0 N–H and O–H groups in total. The Morgan fingerprint density at radius 1 is 1.40 bits per heavy atom. The van der Waals surface area contributed by atoms with Crippen LogP contribution in [0, 0.1) is 0 Å². The van der Waals surface area contributed by atoms with Gasteiger partial charge in [0.15, 0.2) is 0 Å². The van der Waals surface area contributed by atoms with Crippen LogP contribution in [0.4, 0.5) is 0 Å². The first-order valence-electron chi connectivity index (χ1n) is 5.76. The van der Waals surface area contributed by atoms with Crippen LogP contribution in [0.3, 0.4) is 0 Å². The van der Waals surface area contributed by atoms with E-state index in [4.69, 9.17) is 4.74 Å². The molecule has 0 aromatic carbocycles. The molecule has 0 spiro atoms. The van der Waals surface area contributed by atoms with Gasteiger partial charge in [0.2, 0.25) is 0 Å². The summed E-state index contributed by atoms with van der Waals surface area (Å²) in [4.78, 5) is 13.9. The average molecular weight is 213 g/mol. The van der Waals surface area contributed by atoms with E-state index in [9.17, 15) is 4.79 Å². The number of esters is 1. The zero-order valence-corrected chi connectivity index (χ0v) is 10.5. The Labute approximate surface area is 92.8 Å². The summed E-state index contributed by atoms with van der Waals surface area (Å²) in [5.41, 5.74) is -0.383. The smallest absolute Gasteiger partial charge is 0.323 e. The number of carbonyl (C=O) groups excluding carboxylic acids is 1. The van der Waals surface area contributed by atoms with E-state index in [0.717, 1.165) is 0 Å². The minimum Gasteiger partial charge on any atom is -0.459 e. The Kier molecular flexibility index (Phi) is 3.77. The van der Waals surface area contributed by atoms with E-state index in [1.54, 1.807) is 0 Å². The molecular weight excluding hydrogens is 190 g/mol. The van der Waals surface area contributed by atoms with Crippen LogP contribution >= 0.6 is 0 Å². The number of carbonyl (C=O) groups is 1. The number of likely N-dealkylation sites (N-methyl/N-ethyl adjacent to an activating group) is 1. The van der Waals surface area contributed by atoms with E-state index in [1.165, 1.54) is 19.3 Å². The summed E-state index contributed by atoms with van der Waals surface area (Å²) in [5.74, 6) is -0.114. The van der Waals surface area contributed by atoms with Gasteiger partial charge in [-0.1, -0.05) is 6.42 Å². The van der Waals surface area contributed by atoms with Gasteiger partial charge in [-0.15, -0.1) is 0 Å². The van der Waals surface area contributed by atoms with Crippen molar-refractivity contribution >= 4 is 5.97 Å². The van der Waals surface area contributed by atoms with Crippen LogP contribution < -0.4 is 0 Å². The lowest BCUT2D eigenvalue weighted by Gasteiger charge is -2.38. The second-order valence-corrected chi connectivity index (χ2v) is 5.46. The van der Waals surface area contributed by atoms with Crippen molar-refractivity contribution in [1.82, 2.24) is 4.90 Å². The lowest BCUT2D eigenvalue weighted by atomic mass is 9.91. The Morgan fingerprint density at radius 2 is 1.93 bits per heavy atom. The summed E-state index contributed by atoms with van der Waals surface area (Å²) in [6.07, 6.45) is 3.71. The van der Waals surface area contributed by atoms with E-state index in [0.29, 0.717) is 6.04 Å². The van der Waals surface area contributed by atoms with Crippen LogP contribution in [0.2, 0.25) is 0 Å². The molecule has 0 bridgehead atoms. The molecule has 1 unspecified atom stereocenters. The van der Waals surface area contributed by atoms with E-state index in [1.807, 2.05) is 34.7 Å². The number of hydrogen-bond acceptors (Lipinski definition) is 3. The quantitative estimate of drug-likeness (QED) is 0.673. The lowest BCUT2D eigenvalue weighted by Crippen LogP contribution is -2.48. The maximum atomic E-state index is 11.8. The zero-order chi connectivity index (χ0) is 11.6. The monoisotopic (exact) mass is 213 g/mol. The number of rotatable bonds is 3. The summed E-state index contributed by atoms with van der Waals surface area (Å²) in [6.45, 7) is 7.63. The highest BCUT2D eigenvalue weighted by molar-refractivity contribution is 5.75. The predicted octanol–water partition coefficient (Wildman–Crippen LogP) is 2.20. The molecule has 1 aliphatic carbocycles. The Bertz CT molecular complexity index is 228. The summed E-state index contributed by atoms with van der Waals surface area (Å²) < 4.78 is 5.36. The molecule has 1 aliphatic rings. The average Bonchev–Trinajstić information content (AvgIpc) is 1.96. The predicted molar refractivity (Wildman–Crippen MR) is 60.7 cm³/mol. The highest BCUT2D eigenvalue weighted by atomic mass is 16.6. The van der Waals surface area contributed by atoms with Gasteiger partial charge in [0.1, 0.15) is 11.6 Å². The standard InChI is InChI=1S/C12H23NO2/c1-9(11(14)15-12(2,3)4)13(5)10-7-6-8-10/h9-10H,6-8H2,1-5H3. The van der Waals surface area contributed by atoms with Gasteiger partial charge in [0.05, 0.1) is 0 Å². The normalized spacial score (nSPS) is 19.9. The molecule has 3 nitrogen and oxygen atoms in total. The minimum atomic E-state index is -0.383. The van der Waals surface area contributed by atoms with Gasteiger partial charge >= 0.3 is 5.97 Å². The van der Waals surface area contributed by atoms with Gasteiger partial charge < -0.3 is 4.74 Å². The third kappa shape index (κ3) is 3.49. The van der Waals surface area contributed by atoms with Crippen LogP contribution in [0.5, 0.6) is 0 Å². The maximum absolute atomic E-state index is 11.8. The molecule has 1 atom stereocenters. The summed E-state index contributed by atoms with van der Waals surface area (Å²) in [6, 6.07) is 0.446. The fourth-order valence-electron chi connectivity index (χ4n) is 1.66. The molecule has 0 radical (unpaired) electrons. The van der Waals surface area contributed by atoms with E-state index < -0.39 is 0 Å². The first-order valence-corrected chi connectivity index (χ1v) is 5.76. The maximum Gasteiger partial charge on any atom is 0.323 e. The second kappa shape index (κ2) is 4.52. The Balaban J connectivity index is 2.44. The second-order valence-electron chi connectivity index (χ2n) is 5.46. The third-order valence-corrected chi connectivity index (χ3v) is 3.01. The van der Waals surface area contributed by atoms with Crippen molar-refractivity contribution in [2.75, 3.05) is 7.05 Å². The van der Waals surface area contributed by atoms with Crippen molar-refractivity contribution in [3.63, 3.8) is 0 Å². The molecule has 0 aromatic heterocycles. The van der Waals surface area contributed by atoms with Crippen molar-refractivity contribution in [3.8, 4) is 0 Å². The number of nitrogens with zero attached hydrogens (tertiary/aromatic N) is 1. The van der Waals surface area contributed by atoms with Crippen LogP contribution in [-0.2, 0) is 9.53 Å². The molecule has 1 rings (SSSR count). The van der Waals surface area contributed by atoms with Gasteiger partial charge in [-0.25, -0.2) is 0 Å². The molecule has 1 saturated carbocycles. The molecule has 0 saturated heterocycles. The molecular formula is C12H23NO2. The van der Waals surface area contributed by atoms with Crippen LogP contribution in [0.15, 0.2) is 0 Å². The fraction of sp³-hybridized carbons (Fsp3) is 0.917. The molecule has 0 heterocycles. The first kappa shape index (κ1) is 12.5. The lowest BCUT2D eigenvalue weighted by molar-refractivity contribution is -0.161. The Hall–Kier alpha value is -0.570. The van der Waals surface area contributed by atoms with Crippen LogP contribution in [-0.4, -0.2) is 35.6 Å². The zero-order valence-electron chi connectivity index (χ0n) is 10.5. The van der Waals surface area contributed by atoms with Crippen molar-refractivity contribution < 1.29 is 9.53 Å². The molecule has 0 aromatic rings. The van der Waals surface area contributed by atoms with Gasteiger partial charge in [-0.05, 0) is 47.6 Å². The number of hydrogen-bond donors (Lipinski definition) is 0. The molecule has 1 fully saturated rings. The van der Waals surface area contributed by atoms with Crippen molar-refractivity contribution in [1.29, 1.82) is 0 Å². The summed E-state index contributed by atoms with van der Waals surface area (Å²) in [7, 11) is 2.01. The van der Waals surface area contributed by atoms with Crippen molar-refractivity contribution in [3.05, 3.63) is 0 Å². The summed E-state index contributed by atoms with van der Waals surface area (Å²) in [5, 5.41) is 0. The molecule has 15 heavy (non-hydrogen) atoms. The van der Waals surface area contributed by atoms with Crippen molar-refractivity contribution in [2.45, 2.75) is 64.6 Å². The fourth-order valence-corrected chi connectivity index (χ4v) is 1.66. The van der Waals surface area contributed by atoms with Gasteiger partial charge in [0, 0.05) is 6.04 Å². The topological polar surface area (TPSA) is 29.5 Å². The van der Waals surface area contributed by atoms with Gasteiger partial charge in [-0.2, -0.15) is 0 Å². The molecule has 3 heteroatoms. The largest absolute Gasteiger partial charge is 0.459 e. The van der Waals surface area contributed by atoms with E-state index in [-0.39, 0.29) is 17.6 Å². The highest BCUT2D eigenvalue weighted by Crippen LogP contribution is 2.25. The SMILES string of the molecule is CC(C(=O)OC(C)(C)C)N(C)C1CCC1. The summed E-state index contributed by atoms with van der Waals surface area (Å²) >= 11 is 0. The van der Waals surface area contributed by atoms with Crippen molar-refractivity contribution in [2.24, 2.45) is 0 Å². The third-order valence-electron chi connectivity index (χ3n) is 3.01. The van der Waals surface area contributed by atoms with Gasteiger partial charge in [0.25, 0.3) is 0 Å². The Morgan fingerprint density at radius 3 is 2.27 bits per heavy atom. The highest BCUT2D eigenvalue weighted by Gasteiger charge is 2.31. The first-order chi connectivity index (χ1) is 6.81. The van der Waals surface area contributed by atoms with Crippen LogP contribution in [0.1, 0.15) is 47.0 Å². The van der Waals surface area contributed by atoms with Gasteiger partial charge in [-0.3, -0.25) is 9.69 Å². The molecule has 0 amide bonds.